The first kappa shape index (κ1) is 3.90. The van der Waals surface area contributed by atoms with Gasteiger partial charge >= 0.3 is 0 Å². The molecule has 0 spiro atoms. The van der Waals surface area contributed by atoms with Crippen molar-refractivity contribution in [1.29, 1.82) is 0 Å². The van der Waals surface area contributed by atoms with Gasteiger partial charge in [0.05, 0.1) is 0 Å². The summed E-state index contributed by atoms with van der Waals surface area (Å²) in [6.07, 6.45) is 5.85. The van der Waals surface area contributed by atoms with Gasteiger partial charge in [-0.3, -0.25) is 0 Å². The van der Waals surface area contributed by atoms with Crippen LogP contribution in [0.25, 0.3) is 0 Å². The van der Waals surface area contributed by atoms with E-state index in [9.17, 15) is 0 Å². The molecule has 2 atom stereocenters. The zero-order valence-corrected chi connectivity index (χ0v) is 4.95. The van der Waals surface area contributed by atoms with E-state index in [2.05, 4.69) is 17.5 Å². The van der Waals surface area contributed by atoms with Crippen LogP contribution in [0, 0.1) is 0 Å². The molecule has 0 bridgehead atoms. The van der Waals surface area contributed by atoms with E-state index in [-0.39, 0.29) is 0 Å². The highest BCUT2D eigenvalue weighted by molar-refractivity contribution is 8.22. The summed E-state index contributed by atoms with van der Waals surface area (Å²) in [6.45, 7) is 0. The van der Waals surface area contributed by atoms with Crippen LogP contribution in [0.3, 0.4) is 0 Å². The predicted octanol–water partition coefficient (Wildman–Crippen LogP) is 1.40. The zero-order chi connectivity index (χ0) is 4.69. The normalized spacial score (nSPS) is 44.6. The van der Waals surface area contributed by atoms with Crippen LogP contribution in [0.1, 0.15) is 6.42 Å². The Balaban J connectivity index is 2.31. The molecule has 2 unspecified atom stereocenters. The monoisotopic (exact) mass is 112 g/mol. The first-order valence-electron chi connectivity index (χ1n) is 2.65. The molecule has 38 valence electrons. The lowest BCUT2D eigenvalue weighted by Gasteiger charge is -1.88. The van der Waals surface area contributed by atoms with Gasteiger partial charge in [-0.2, -0.15) is 10.5 Å². The fourth-order valence-corrected chi connectivity index (χ4v) is 2.65. The molecule has 1 fully saturated rings. The molecule has 0 saturated carbocycles. The van der Waals surface area contributed by atoms with Gasteiger partial charge in [-0.25, -0.2) is 0 Å². The van der Waals surface area contributed by atoms with Crippen molar-refractivity contribution < 1.29 is 0 Å². The third kappa shape index (κ3) is 0.556. The predicted molar refractivity (Wildman–Crippen MR) is 36.1 cm³/mol. The third-order valence-electron chi connectivity index (χ3n) is 1.48. The number of rotatable bonds is 0. The molecule has 2 aliphatic rings. The van der Waals surface area contributed by atoms with Gasteiger partial charge in [-0.15, -0.1) is 0 Å². The maximum Gasteiger partial charge on any atom is 0.0119 e. The van der Waals surface area contributed by atoms with Gasteiger partial charge in [-0.05, 0) is 11.8 Å². The molecular formula is C6H8S. The molecule has 0 amide bonds. The van der Waals surface area contributed by atoms with Gasteiger partial charge in [0.1, 0.15) is 0 Å². The van der Waals surface area contributed by atoms with E-state index < -0.39 is 0 Å². The average Bonchev–Trinajstić information content (AvgIpc) is 2.41. The van der Waals surface area contributed by atoms with Crippen LogP contribution in [0.4, 0.5) is 0 Å². The van der Waals surface area contributed by atoms with Crippen molar-refractivity contribution in [2.75, 3.05) is 5.75 Å². The van der Waals surface area contributed by atoms with Gasteiger partial charge in [0.25, 0.3) is 0 Å². The second-order valence-electron chi connectivity index (χ2n) is 2.06. The van der Waals surface area contributed by atoms with Crippen molar-refractivity contribution in [1.82, 2.24) is 0 Å². The van der Waals surface area contributed by atoms with E-state index in [1.165, 1.54) is 12.2 Å². The Labute approximate surface area is 46.2 Å². The first-order chi connectivity index (χ1) is 3.47. The standard InChI is InChI=1S/C6H8S/c1-2-4-7-5-6(7)3-1/h1-2,4,6H,3,5H2. The summed E-state index contributed by atoms with van der Waals surface area (Å²) < 4.78 is 0. The lowest BCUT2D eigenvalue weighted by molar-refractivity contribution is 1.08. The molecule has 1 saturated heterocycles. The van der Waals surface area contributed by atoms with Crippen LogP contribution in [-0.2, 0) is 0 Å². The van der Waals surface area contributed by atoms with Gasteiger partial charge in [0.2, 0.25) is 0 Å². The molecular weight excluding hydrogens is 104 g/mol. The van der Waals surface area contributed by atoms with Crippen molar-refractivity contribution in [3.05, 3.63) is 12.2 Å². The minimum atomic E-state index is 0.765. The average molecular weight is 112 g/mol. The number of allylic oxidation sites excluding steroid dienone is 2. The summed E-state index contributed by atoms with van der Waals surface area (Å²) in [5.74, 6) is 1.49. The lowest BCUT2D eigenvalue weighted by atomic mass is 10.3. The summed E-state index contributed by atoms with van der Waals surface area (Å²) in [5, 5.41) is 3.44. The number of hydrogen-bond donors (Lipinski definition) is 0. The zero-order valence-electron chi connectivity index (χ0n) is 4.13. The van der Waals surface area contributed by atoms with Crippen molar-refractivity contribution in [3.63, 3.8) is 0 Å². The Morgan fingerprint density at radius 1 is 1.57 bits per heavy atom. The Hall–Kier alpha value is -0.0400. The van der Waals surface area contributed by atoms with Crippen molar-refractivity contribution in [2.45, 2.75) is 11.7 Å². The van der Waals surface area contributed by atoms with E-state index >= 15 is 0 Å². The highest BCUT2D eigenvalue weighted by atomic mass is 32.2. The summed E-state index contributed by atoms with van der Waals surface area (Å²) in [7, 11) is 0.765. The fourth-order valence-electron chi connectivity index (χ4n) is 0.920. The van der Waals surface area contributed by atoms with Crippen LogP contribution in [-0.4, -0.2) is 16.4 Å². The number of hydrogen-bond acceptors (Lipinski definition) is 0. The van der Waals surface area contributed by atoms with Gasteiger partial charge < -0.3 is 0 Å². The van der Waals surface area contributed by atoms with Crippen LogP contribution in [0.5, 0.6) is 0 Å². The smallest absolute Gasteiger partial charge is 0.0119 e. The van der Waals surface area contributed by atoms with Crippen LogP contribution in [0.15, 0.2) is 12.2 Å². The molecule has 0 nitrogen and oxygen atoms in total. The highest BCUT2D eigenvalue weighted by Crippen LogP contribution is 2.43. The van der Waals surface area contributed by atoms with E-state index in [1.54, 1.807) is 0 Å². The second kappa shape index (κ2) is 1.22. The summed E-state index contributed by atoms with van der Waals surface area (Å²) in [5.41, 5.74) is 0. The summed E-state index contributed by atoms with van der Waals surface area (Å²) in [4.78, 5) is 0. The lowest BCUT2D eigenvalue weighted by Crippen LogP contribution is -1.80. The highest BCUT2D eigenvalue weighted by Gasteiger charge is 2.27. The molecule has 2 aliphatic heterocycles. The SMILES string of the molecule is C1=CCC2CS2=C1. The molecule has 0 radical (unpaired) electrons. The van der Waals surface area contributed by atoms with Crippen LogP contribution in [0.2, 0.25) is 0 Å². The third-order valence-corrected chi connectivity index (χ3v) is 3.56. The molecule has 2 heterocycles. The van der Waals surface area contributed by atoms with Crippen LogP contribution < -0.4 is 0 Å². The van der Waals surface area contributed by atoms with Gasteiger partial charge in [0, 0.05) is 11.0 Å². The molecule has 0 aromatic rings. The van der Waals surface area contributed by atoms with Crippen LogP contribution >= 0.6 is 10.5 Å². The minimum absolute atomic E-state index is 0.765. The maximum atomic E-state index is 2.36. The summed E-state index contributed by atoms with van der Waals surface area (Å²) in [6, 6.07) is 0. The molecule has 0 aliphatic carbocycles. The maximum absolute atomic E-state index is 2.36. The molecule has 7 heavy (non-hydrogen) atoms. The summed E-state index contributed by atoms with van der Waals surface area (Å²) >= 11 is 0. The first-order valence-corrected chi connectivity index (χ1v) is 4.17. The Morgan fingerprint density at radius 3 is 3.14 bits per heavy atom. The Kier molecular flexibility index (Phi) is 0.680. The largest absolute Gasteiger partial charge is 0.180 e. The molecule has 0 aromatic heterocycles. The molecule has 2 rings (SSSR count). The van der Waals surface area contributed by atoms with E-state index in [4.69, 9.17) is 0 Å². The quantitative estimate of drug-likeness (QED) is 0.328. The van der Waals surface area contributed by atoms with E-state index in [1.807, 2.05) is 0 Å². The fraction of sp³-hybridized carbons (Fsp3) is 0.500. The van der Waals surface area contributed by atoms with Crippen molar-refractivity contribution >= 4 is 15.9 Å². The molecule has 0 N–H and O–H groups in total. The van der Waals surface area contributed by atoms with Crippen molar-refractivity contribution in [2.24, 2.45) is 0 Å². The van der Waals surface area contributed by atoms with Crippen molar-refractivity contribution in [3.8, 4) is 0 Å². The Bertz CT molecular complexity index is 144. The second-order valence-corrected chi connectivity index (χ2v) is 4.27. The molecule has 0 aromatic carbocycles. The van der Waals surface area contributed by atoms with E-state index in [0.717, 1.165) is 15.7 Å². The minimum Gasteiger partial charge on any atom is -0.180 e. The van der Waals surface area contributed by atoms with E-state index in [0.29, 0.717) is 0 Å². The van der Waals surface area contributed by atoms with Gasteiger partial charge in [0.15, 0.2) is 0 Å². The Morgan fingerprint density at radius 2 is 2.57 bits per heavy atom. The van der Waals surface area contributed by atoms with Gasteiger partial charge in [-0.1, -0.05) is 12.2 Å². The number of fused-ring (bicyclic) bond motifs is 1. The topological polar surface area (TPSA) is 0 Å². The molecule has 1 heteroatoms.